The highest BCUT2D eigenvalue weighted by Crippen LogP contribution is 2.50. The molecule has 158 valence electrons. The molecular formula is C25H26N4O2. The van der Waals surface area contributed by atoms with E-state index in [1.54, 1.807) is 6.20 Å². The number of para-hydroxylation sites is 2. The van der Waals surface area contributed by atoms with Crippen molar-refractivity contribution in [3.63, 3.8) is 0 Å². The van der Waals surface area contributed by atoms with E-state index in [9.17, 15) is 4.79 Å². The van der Waals surface area contributed by atoms with Gasteiger partial charge in [-0.3, -0.25) is 9.78 Å². The van der Waals surface area contributed by atoms with Gasteiger partial charge < -0.3 is 19.5 Å². The average molecular weight is 415 g/mol. The quantitative estimate of drug-likeness (QED) is 0.656. The number of hydrogen-bond acceptors (Lipinski definition) is 4. The summed E-state index contributed by atoms with van der Waals surface area (Å²) in [6.07, 6.45) is 6.43. The molecule has 0 aliphatic carbocycles. The van der Waals surface area contributed by atoms with Crippen LogP contribution >= 0.6 is 0 Å². The van der Waals surface area contributed by atoms with E-state index < -0.39 is 0 Å². The van der Waals surface area contributed by atoms with Crippen LogP contribution in [-0.4, -0.2) is 45.7 Å². The Morgan fingerprint density at radius 1 is 1.10 bits per heavy atom. The number of amides is 1. The normalized spacial score (nSPS) is 23.5. The summed E-state index contributed by atoms with van der Waals surface area (Å²) >= 11 is 0. The first kappa shape index (κ1) is 18.6. The van der Waals surface area contributed by atoms with Crippen molar-refractivity contribution in [3.8, 4) is 5.69 Å². The molecular weight excluding hydrogens is 388 g/mol. The molecule has 2 aromatic heterocycles. The van der Waals surface area contributed by atoms with Gasteiger partial charge >= 0.3 is 0 Å². The summed E-state index contributed by atoms with van der Waals surface area (Å²) in [4.78, 5) is 19.1. The van der Waals surface area contributed by atoms with Crippen molar-refractivity contribution in [2.75, 3.05) is 25.0 Å². The zero-order valence-electron chi connectivity index (χ0n) is 17.7. The molecule has 0 bridgehead atoms. The lowest BCUT2D eigenvalue weighted by atomic mass is 9.79. The Morgan fingerprint density at radius 3 is 2.74 bits per heavy atom. The maximum Gasteiger partial charge on any atom is 0.255 e. The van der Waals surface area contributed by atoms with Gasteiger partial charge in [0.25, 0.3) is 5.91 Å². The Balaban J connectivity index is 1.22. The Labute approximate surface area is 181 Å². The zero-order valence-corrected chi connectivity index (χ0v) is 17.7. The topological polar surface area (TPSA) is 59.4 Å². The second-order valence-corrected chi connectivity index (χ2v) is 9.12. The monoisotopic (exact) mass is 414 g/mol. The molecule has 3 aliphatic rings. The minimum atomic E-state index is -0.231. The minimum absolute atomic E-state index is 0.0636. The minimum Gasteiger partial charge on any atom is -0.372 e. The van der Waals surface area contributed by atoms with E-state index in [0.717, 1.165) is 30.6 Å². The summed E-state index contributed by atoms with van der Waals surface area (Å²) in [6, 6.07) is 16.5. The standard InChI is InChI=1S/C25H26N4O2/c1-18-8-9-19(15-26-18)23(30)28-13-10-24(11-14-28)16-25(17-31-24)22-7-4-12-29(22)21-6-3-2-5-20(21)27-25/h2-9,12,15,27H,10-11,13-14,16-17H2,1H3. The Hall–Kier alpha value is -3.12. The van der Waals surface area contributed by atoms with Gasteiger partial charge in [-0.25, -0.2) is 0 Å². The molecule has 3 aromatic rings. The molecule has 0 saturated carbocycles. The maximum atomic E-state index is 12.9. The van der Waals surface area contributed by atoms with E-state index in [1.807, 2.05) is 24.0 Å². The molecule has 31 heavy (non-hydrogen) atoms. The SMILES string of the molecule is Cc1ccc(C(=O)N2CCC3(CC2)CC2(CO3)Nc3ccccc3-n3cccc32)cn1. The van der Waals surface area contributed by atoms with Gasteiger partial charge in [-0.2, -0.15) is 0 Å². The van der Waals surface area contributed by atoms with Crippen LogP contribution in [0.1, 0.15) is 41.0 Å². The van der Waals surface area contributed by atoms with E-state index in [4.69, 9.17) is 4.74 Å². The number of hydrogen-bond donors (Lipinski definition) is 1. The molecule has 6 nitrogen and oxygen atoms in total. The van der Waals surface area contributed by atoms with Crippen molar-refractivity contribution in [3.05, 3.63) is 77.9 Å². The van der Waals surface area contributed by atoms with Crippen molar-refractivity contribution in [1.29, 1.82) is 0 Å². The fourth-order valence-corrected chi connectivity index (χ4v) is 5.48. The van der Waals surface area contributed by atoms with Crippen LogP contribution in [0.4, 0.5) is 5.69 Å². The van der Waals surface area contributed by atoms with Crippen LogP contribution in [0.5, 0.6) is 0 Å². The highest BCUT2D eigenvalue weighted by molar-refractivity contribution is 5.94. The number of rotatable bonds is 1. The summed E-state index contributed by atoms with van der Waals surface area (Å²) in [6.45, 7) is 3.99. The van der Waals surface area contributed by atoms with Gasteiger partial charge in [-0.05, 0) is 56.2 Å². The average Bonchev–Trinajstić information content (AvgIpc) is 3.42. The third kappa shape index (κ3) is 2.89. The van der Waals surface area contributed by atoms with Crippen LogP contribution in [-0.2, 0) is 10.3 Å². The van der Waals surface area contributed by atoms with Crippen molar-refractivity contribution in [2.45, 2.75) is 37.3 Å². The molecule has 1 N–H and O–H groups in total. The molecule has 0 radical (unpaired) electrons. The van der Waals surface area contributed by atoms with Crippen LogP contribution in [0, 0.1) is 6.92 Å². The summed E-state index contributed by atoms with van der Waals surface area (Å²) < 4.78 is 8.83. The molecule has 6 heteroatoms. The maximum absolute atomic E-state index is 12.9. The predicted molar refractivity (Wildman–Crippen MR) is 118 cm³/mol. The van der Waals surface area contributed by atoms with Gasteiger partial charge in [0.05, 0.1) is 34.8 Å². The van der Waals surface area contributed by atoms with Gasteiger partial charge in [0.15, 0.2) is 0 Å². The van der Waals surface area contributed by atoms with Crippen molar-refractivity contribution >= 4 is 11.6 Å². The van der Waals surface area contributed by atoms with E-state index in [1.165, 1.54) is 11.4 Å². The molecule has 1 aromatic carbocycles. The Morgan fingerprint density at radius 2 is 1.94 bits per heavy atom. The number of aryl methyl sites for hydroxylation is 1. The third-order valence-electron chi connectivity index (χ3n) is 7.15. The molecule has 1 unspecified atom stereocenters. The van der Waals surface area contributed by atoms with Gasteiger partial charge in [0, 0.05) is 37.6 Å². The molecule has 3 aliphatic heterocycles. The lowest BCUT2D eigenvalue weighted by Gasteiger charge is -2.41. The number of piperidine rings is 1. The Bertz CT molecular complexity index is 1140. The molecule has 6 rings (SSSR count). The second kappa shape index (κ2) is 6.69. The van der Waals surface area contributed by atoms with E-state index in [-0.39, 0.29) is 17.0 Å². The fraction of sp³-hybridized carbons (Fsp3) is 0.360. The smallest absolute Gasteiger partial charge is 0.255 e. The molecule has 5 heterocycles. The summed E-state index contributed by atoms with van der Waals surface area (Å²) in [5, 5.41) is 3.82. The largest absolute Gasteiger partial charge is 0.372 e. The van der Waals surface area contributed by atoms with Crippen molar-refractivity contribution in [1.82, 2.24) is 14.5 Å². The van der Waals surface area contributed by atoms with Gasteiger partial charge in [0.2, 0.25) is 0 Å². The van der Waals surface area contributed by atoms with Gasteiger partial charge in [-0.1, -0.05) is 12.1 Å². The molecule has 2 saturated heterocycles. The number of fused-ring (bicyclic) bond motifs is 4. The number of aromatic nitrogens is 2. The number of nitrogens with zero attached hydrogens (tertiary/aromatic N) is 3. The molecule has 1 amide bonds. The van der Waals surface area contributed by atoms with Gasteiger partial charge in [0.1, 0.15) is 5.54 Å². The first-order valence-electron chi connectivity index (χ1n) is 11.0. The highest BCUT2D eigenvalue weighted by Gasteiger charge is 2.54. The lowest BCUT2D eigenvalue weighted by Crippen LogP contribution is -2.48. The summed E-state index contributed by atoms with van der Waals surface area (Å²) in [5.41, 5.74) is 4.74. The van der Waals surface area contributed by atoms with Crippen LogP contribution in [0.2, 0.25) is 0 Å². The molecule has 1 atom stereocenters. The highest BCUT2D eigenvalue weighted by atomic mass is 16.5. The first-order chi connectivity index (χ1) is 15.1. The van der Waals surface area contributed by atoms with Crippen LogP contribution in [0.15, 0.2) is 60.9 Å². The molecule has 2 spiro atoms. The molecule has 2 fully saturated rings. The lowest BCUT2D eigenvalue weighted by molar-refractivity contribution is -0.0392. The number of carbonyl (C=O) groups excluding carboxylic acids is 1. The van der Waals surface area contributed by atoms with Crippen molar-refractivity contribution < 1.29 is 9.53 Å². The van der Waals surface area contributed by atoms with Crippen LogP contribution in [0.3, 0.4) is 0 Å². The van der Waals surface area contributed by atoms with Gasteiger partial charge in [-0.15, -0.1) is 0 Å². The number of ether oxygens (including phenoxy) is 1. The third-order valence-corrected chi connectivity index (χ3v) is 7.15. The first-order valence-corrected chi connectivity index (χ1v) is 11.0. The van der Waals surface area contributed by atoms with E-state index in [2.05, 4.69) is 57.5 Å². The Kier molecular flexibility index (Phi) is 4.02. The van der Waals surface area contributed by atoms with Crippen LogP contribution < -0.4 is 5.32 Å². The van der Waals surface area contributed by atoms with Crippen LogP contribution in [0.25, 0.3) is 5.69 Å². The summed E-state index contributed by atoms with van der Waals surface area (Å²) in [5.74, 6) is 0.0636. The number of nitrogens with one attached hydrogen (secondary N) is 1. The van der Waals surface area contributed by atoms with E-state index in [0.29, 0.717) is 25.3 Å². The second-order valence-electron chi connectivity index (χ2n) is 9.12. The summed E-state index contributed by atoms with van der Waals surface area (Å²) in [7, 11) is 0. The number of pyridine rings is 1. The zero-order chi connectivity index (χ0) is 21.1. The number of anilines is 1. The fourth-order valence-electron chi connectivity index (χ4n) is 5.48. The predicted octanol–water partition coefficient (Wildman–Crippen LogP) is 3.90. The van der Waals surface area contributed by atoms with Crippen molar-refractivity contribution in [2.24, 2.45) is 0 Å². The van der Waals surface area contributed by atoms with E-state index >= 15 is 0 Å². The number of benzene rings is 1. The number of likely N-dealkylation sites (tertiary alicyclic amines) is 1. The number of carbonyl (C=O) groups is 1.